The Bertz CT molecular complexity index is 313. The molecular weight excluding hydrogens is 202 g/mol. The van der Waals surface area contributed by atoms with Crippen molar-refractivity contribution in [1.82, 2.24) is 10.2 Å². The van der Waals surface area contributed by atoms with Crippen molar-refractivity contribution in [3.05, 3.63) is 5.89 Å². The van der Waals surface area contributed by atoms with Gasteiger partial charge in [0.25, 0.3) is 0 Å². The van der Waals surface area contributed by atoms with E-state index in [0.29, 0.717) is 11.9 Å². The minimum absolute atomic E-state index is 0.224. The fraction of sp³-hybridized carbons (Fsp3) is 0.778. The highest BCUT2D eigenvalue weighted by Crippen LogP contribution is 2.37. The van der Waals surface area contributed by atoms with E-state index in [0.717, 1.165) is 18.4 Å². The van der Waals surface area contributed by atoms with Crippen LogP contribution in [0.1, 0.15) is 31.5 Å². The largest absolute Gasteiger partial charge is 0.407 e. The first-order valence-corrected chi connectivity index (χ1v) is 5.32. The summed E-state index contributed by atoms with van der Waals surface area (Å²) in [6, 6.07) is 0.478. The van der Waals surface area contributed by atoms with Crippen LogP contribution < -0.4 is 5.32 Å². The zero-order valence-electron chi connectivity index (χ0n) is 8.33. The lowest BCUT2D eigenvalue weighted by Crippen LogP contribution is -2.04. The lowest BCUT2D eigenvalue weighted by Gasteiger charge is -1.98. The van der Waals surface area contributed by atoms with Crippen molar-refractivity contribution in [1.29, 1.82) is 0 Å². The Morgan fingerprint density at radius 3 is 2.86 bits per heavy atom. The molecule has 0 aromatic carbocycles. The van der Waals surface area contributed by atoms with Crippen LogP contribution in [0.25, 0.3) is 0 Å². The van der Waals surface area contributed by atoms with Gasteiger partial charge < -0.3 is 9.73 Å². The quantitative estimate of drug-likeness (QED) is 0.784. The van der Waals surface area contributed by atoms with Gasteiger partial charge in [-0.2, -0.15) is 0 Å². The molecule has 0 amide bonds. The molecule has 0 saturated heterocycles. The van der Waals surface area contributed by atoms with Crippen molar-refractivity contribution in [2.75, 3.05) is 11.9 Å². The van der Waals surface area contributed by atoms with Crippen LogP contribution in [0, 0.1) is 11.8 Å². The van der Waals surface area contributed by atoms with Crippen LogP contribution in [0.4, 0.5) is 6.01 Å². The number of hydrogen-bond donors (Lipinski definition) is 1. The van der Waals surface area contributed by atoms with E-state index < -0.39 is 0 Å². The average Bonchev–Trinajstić information content (AvgIpc) is 2.68. The molecule has 5 heteroatoms. The molecule has 78 valence electrons. The predicted octanol–water partition coefficient (Wildman–Crippen LogP) is 2.44. The van der Waals surface area contributed by atoms with Crippen molar-refractivity contribution in [3.63, 3.8) is 0 Å². The van der Waals surface area contributed by atoms with E-state index >= 15 is 0 Å². The fourth-order valence-electron chi connectivity index (χ4n) is 1.37. The number of nitrogens with zero attached hydrogens (tertiary/aromatic N) is 2. The molecule has 1 N–H and O–H groups in total. The molecule has 0 spiro atoms. The molecule has 1 saturated carbocycles. The van der Waals surface area contributed by atoms with Gasteiger partial charge in [0.15, 0.2) is 0 Å². The van der Waals surface area contributed by atoms with Gasteiger partial charge in [-0.05, 0) is 25.2 Å². The summed E-state index contributed by atoms with van der Waals surface area (Å²) < 4.78 is 5.29. The summed E-state index contributed by atoms with van der Waals surface area (Å²) in [6.07, 6.45) is 1.29. The molecular formula is C9H14ClN3O. The summed E-state index contributed by atoms with van der Waals surface area (Å²) in [6.45, 7) is 4.97. The molecule has 1 aromatic rings. The highest BCUT2D eigenvalue weighted by Gasteiger charge is 2.32. The van der Waals surface area contributed by atoms with Crippen LogP contribution in [0.3, 0.4) is 0 Å². The Morgan fingerprint density at radius 1 is 1.64 bits per heavy atom. The predicted molar refractivity (Wildman–Crippen MR) is 54.3 cm³/mol. The van der Waals surface area contributed by atoms with Crippen LogP contribution in [-0.2, 0) is 0 Å². The van der Waals surface area contributed by atoms with Crippen molar-refractivity contribution in [2.24, 2.45) is 11.8 Å². The zero-order chi connectivity index (χ0) is 10.1. The number of anilines is 1. The lowest BCUT2D eigenvalue weighted by atomic mass is 10.3. The summed E-state index contributed by atoms with van der Waals surface area (Å²) in [5.41, 5.74) is 0. The molecule has 14 heavy (non-hydrogen) atoms. The summed E-state index contributed by atoms with van der Waals surface area (Å²) in [4.78, 5) is 0. The summed E-state index contributed by atoms with van der Waals surface area (Å²) in [5, 5.41) is 10.6. The number of rotatable bonds is 4. The molecule has 3 unspecified atom stereocenters. The summed E-state index contributed by atoms with van der Waals surface area (Å²) in [5.74, 6) is 2.06. The highest BCUT2D eigenvalue weighted by atomic mass is 35.5. The summed E-state index contributed by atoms with van der Waals surface area (Å²) in [7, 11) is 0. The standard InChI is InChI=1S/C9H14ClN3O/c1-5-3-7(5)4-11-9-13-12-8(14-9)6(2)10/h5-7H,3-4H2,1-2H3,(H,11,13). The van der Waals surface area contributed by atoms with Gasteiger partial charge >= 0.3 is 6.01 Å². The molecule has 0 aliphatic heterocycles. The first-order valence-electron chi connectivity index (χ1n) is 4.88. The number of alkyl halides is 1. The van der Waals surface area contributed by atoms with Gasteiger partial charge in [0.2, 0.25) is 5.89 Å². The van der Waals surface area contributed by atoms with Crippen molar-refractivity contribution in [3.8, 4) is 0 Å². The van der Waals surface area contributed by atoms with E-state index in [-0.39, 0.29) is 5.38 Å². The van der Waals surface area contributed by atoms with Gasteiger partial charge in [-0.1, -0.05) is 12.0 Å². The molecule has 0 bridgehead atoms. The maximum atomic E-state index is 5.79. The molecule has 3 atom stereocenters. The second-order valence-electron chi connectivity index (χ2n) is 3.92. The van der Waals surface area contributed by atoms with Crippen LogP contribution in [0.5, 0.6) is 0 Å². The van der Waals surface area contributed by atoms with Gasteiger partial charge in [-0.25, -0.2) is 0 Å². The molecule has 0 radical (unpaired) electrons. The fourth-order valence-corrected chi connectivity index (χ4v) is 1.46. The Balaban J connectivity index is 1.84. The molecule has 1 fully saturated rings. The van der Waals surface area contributed by atoms with Gasteiger partial charge in [-0.15, -0.1) is 16.7 Å². The number of halogens is 1. The second kappa shape index (κ2) is 3.77. The SMILES string of the molecule is CC(Cl)c1nnc(NCC2CC2C)o1. The molecule has 1 heterocycles. The van der Waals surface area contributed by atoms with E-state index in [2.05, 4.69) is 22.4 Å². The van der Waals surface area contributed by atoms with Crippen LogP contribution in [0.2, 0.25) is 0 Å². The molecule has 1 aromatic heterocycles. The molecule has 1 aliphatic rings. The number of aromatic nitrogens is 2. The van der Waals surface area contributed by atoms with Gasteiger partial charge in [0.05, 0.1) is 0 Å². The normalized spacial score (nSPS) is 27.4. The third kappa shape index (κ3) is 2.18. The Kier molecular flexibility index (Phi) is 2.63. The topological polar surface area (TPSA) is 51.0 Å². The third-order valence-electron chi connectivity index (χ3n) is 2.57. The minimum Gasteiger partial charge on any atom is -0.407 e. The monoisotopic (exact) mass is 215 g/mol. The first-order chi connectivity index (χ1) is 6.66. The van der Waals surface area contributed by atoms with Gasteiger partial charge in [-0.3, -0.25) is 0 Å². The Labute approximate surface area is 88.0 Å². The summed E-state index contributed by atoms with van der Waals surface area (Å²) >= 11 is 5.79. The van der Waals surface area contributed by atoms with E-state index in [1.807, 2.05) is 6.92 Å². The van der Waals surface area contributed by atoms with Gasteiger partial charge in [0, 0.05) is 6.54 Å². The number of hydrogen-bond acceptors (Lipinski definition) is 4. The van der Waals surface area contributed by atoms with Crippen molar-refractivity contribution in [2.45, 2.75) is 25.6 Å². The first kappa shape index (κ1) is 9.77. The van der Waals surface area contributed by atoms with E-state index in [4.69, 9.17) is 16.0 Å². The highest BCUT2D eigenvalue weighted by molar-refractivity contribution is 6.20. The Morgan fingerprint density at radius 2 is 2.36 bits per heavy atom. The van der Waals surface area contributed by atoms with Crippen LogP contribution in [-0.4, -0.2) is 16.7 Å². The average molecular weight is 216 g/mol. The second-order valence-corrected chi connectivity index (χ2v) is 4.57. The van der Waals surface area contributed by atoms with E-state index in [9.17, 15) is 0 Å². The van der Waals surface area contributed by atoms with Crippen molar-refractivity contribution >= 4 is 17.6 Å². The molecule has 2 rings (SSSR count). The lowest BCUT2D eigenvalue weighted by molar-refractivity contribution is 0.504. The van der Waals surface area contributed by atoms with Gasteiger partial charge in [0.1, 0.15) is 5.38 Å². The smallest absolute Gasteiger partial charge is 0.315 e. The minimum atomic E-state index is -0.224. The molecule has 4 nitrogen and oxygen atoms in total. The Hall–Kier alpha value is -0.770. The van der Waals surface area contributed by atoms with Crippen molar-refractivity contribution < 1.29 is 4.42 Å². The van der Waals surface area contributed by atoms with Crippen LogP contribution >= 0.6 is 11.6 Å². The number of nitrogens with one attached hydrogen (secondary N) is 1. The maximum Gasteiger partial charge on any atom is 0.315 e. The van der Waals surface area contributed by atoms with E-state index in [1.54, 1.807) is 0 Å². The maximum absolute atomic E-state index is 5.79. The zero-order valence-corrected chi connectivity index (χ0v) is 9.08. The molecule has 1 aliphatic carbocycles. The van der Waals surface area contributed by atoms with Crippen LogP contribution in [0.15, 0.2) is 4.42 Å². The third-order valence-corrected chi connectivity index (χ3v) is 2.76. The van der Waals surface area contributed by atoms with E-state index in [1.165, 1.54) is 6.42 Å².